The molecule has 1 fully saturated rings. The second kappa shape index (κ2) is 8.96. The number of hydrogen-bond donors (Lipinski definition) is 2. The monoisotopic (exact) mass is 368 g/mol. The molecule has 0 radical (unpaired) electrons. The van der Waals surface area contributed by atoms with Crippen molar-refractivity contribution in [1.82, 2.24) is 9.62 Å². The van der Waals surface area contributed by atoms with Gasteiger partial charge in [0.1, 0.15) is 0 Å². The van der Waals surface area contributed by atoms with Crippen molar-refractivity contribution in [2.45, 2.75) is 43.4 Å². The Bertz CT molecular complexity index is 694. The van der Waals surface area contributed by atoms with E-state index in [1.807, 2.05) is 0 Å². The molecule has 1 saturated heterocycles. The minimum Gasteiger partial charge on any atom is -0.481 e. The summed E-state index contributed by atoms with van der Waals surface area (Å²) in [4.78, 5) is 22.6. The van der Waals surface area contributed by atoms with Crippen LogP contribution in [-0.4, -0.2) is 49.3 Å². The smallest absolute Gasteiger partial charge is 0.303 e. The number of sulfonamides is 1. The topological polar surface area (TPSA) is 104 Å². The maximum absolute atomic E-state index is 12.4. The molecule has 7 nitrogen and oxygen atoms in total. The number of benzene rings is 1. The van der Waals surface area contributed by atoms with Gasteiger partial charge in [-0.25, -0.2) is 8.42 Å². The van der Waals surface area contributed by atoms with Crippen molar-refractivity contribution in [2.75, 3.05) is 19.6 Å². The molecule has 25 heavy (non-hydrogen) atoms. The van der Waals surface area contributed by atoms with Crippen LogP contribution in [0.1, 0.15) is 48.9 Å². The minimum absolute atomic E-state index is 0.140. The predicted molar refractivity (Wildman–Crippen MR) is 92.9 cm³/mol. The summed E-state index contributed by atoms with van der Waals surface area (Å²) in [5, 5.41) is 11.3. The first kappa shape index (κ1) is 19.4. The Labute approximate surface area is 148 Å². The van der Waals surface area contributed by atoms with E-state index in [4.69, 9.17) is 5.11 Å². The van der Waals surface area contributed by atoms with Crippen LogP contribution in [0.3, 0.4) is 0 Å². The summed E-state index contributed by atoms with van der Waals surface area (Å²) in [5.41, 5.74) is 0.408. The first-order valence-corrected chi connectivity index (χ1v) is 9.95. The van der Waals surface area contributed by atoms with Crippen LogP contribution in [0.5, 0.6) is 0 Å². The molecule has 1 heterocycles. The number of unbranched alkanes of at least 4 members (excludes halogenated alkanes) is 2. The van der Waals surface area contributed by atoms with E-state index >= 15 is 0 Å². The van der Waals surface area contributed by atoms with E-state index in [1.165, 1.54) is 28.6 Å². The Morgan fingerprint density at radius 3 is 2.28 bits per heavy atom. The maximum Gasteiger partial charge on any atom is 0.303 e. The second-order valence-corrected chi connectivity index (χ2v) is 8.03. The normalized spacial score (nSPS) is 15.2. The van der Waals surface area contributed by atoms with Crippen LogP contribution in [0.15, 0.2) is 29.2 Å². The molecule has 1 aliphatic heterocycles. The molecular weight excluding hydrogens is 344 g/mol. The van der Waals surface area contributed by atoms with Gasteiger partial charge in [0.05, 0.1) is 4.90 Å². The third-order valence-corrected chi connectivity index (χ3v) is 6.09. The molecule has 1 aromatic rings. The van der Waals surface area contributed by atoms with E-state index < -0.39 is 16.0 Å². The molecule has 0 spiro atoms. The molecule has 2 rings (SSSR count). The number of carboxylic acid groups (broad SMARTS) is 1. The van der Waals surface area contributed by atoms with Gasteiger partial charge in [0.15, 0.2) is 0 Å². The zero-order valence-corrected chi connectivity index (χ0v) is 14.9. The van der Waals surface area contributed by atoms with Gasteiger partial charge in [-0.15, -0.1) is 0 Å². The SMILES string of the molecule is O=C(O)CCCCCNC(=O)c1ccc(S(=O)(=O)N2CCCC2)cc1. The molecule has 0 aromatic heterocycles. The van der Waals surface area contributed by atoms with Gasteiger partial charge in [-0.3, -0.25) is 9.59 Å². The standard InChI is InChI=1S/C17H24N2O5S/c20-16(21)6-2-1-3-11-18-17(22)14-7-9-15(10-8-14)25(23,24)19-12-4-5-13-19/h7-10H,1-6,11-13H2,(H,18,22)(H,20,21). The highest BCUT2D eigenvalue weighted by molar-refractivity contribution is 7.89. The molecule has 2 N–H and O–H groups in total. The van der Waals surface area contributed by atoms with Crippen LogP contribution in [0.2, 0.25) is 0 Å². The summed E-state index contributed by atoms with van der Waals surface area (Å²) in [7, 11) is -3.46. The molecule has 0 atom stereocenters. The number of hydrogen-bond acceptors (Lipinski definition) is 4. The first-order chi connectivity index (χ1) is 11.9. The fraction of sp³-hybridized carbons (Fsp3) is 0.529. The van der Waals surface area contributed by atoms with Gasteiger partial charge in [-0.2, -0.15) is 4.31 Å². The van der Waals surface area contributed by atoms with E-state index in [2.05, 4.69) is 5.32 Å². The van der Waals surface area contributed by atoms with Crippen molar-refractivity contribution in [3.63, 3.8) is 0 Å². The molecule has 0 bridgehead atoms. The van der Waals surface area contributed by atoms with Crippen LogP contribution in [0.25, 0.3) is 0 Å². The quantitative estimate of drug-likeness (QED) is 0.647. The molecule has 1 aliphatic rings. The van der Waals surface area contributed by atoms with Gasteiger partial charge in [0.25, 0.3) is 5.91 Å². The van der Waals surface area contributed by atoms with E-state index in [-0.39, 0.29) is 17.2 Å². The molecule has 138 valence electrons. The van der Waals surface area contributed by atoms with Gasteiger partial charge >= 0.3 is 5.97 Å². The van der Waals surface area contributed by atoms with Crippen LogP contribution in [0.4, 0.5) is 0 Å². The number of nitrogens with zero attached hydrogens (tertiary/aromatic N) is 1. The van der Waals surface area contributed by atoms with Crippen molar-refractivity contribution in [3.05, 3.63) is 29.8 Å². The Balaban J connectivity index is 1.82. The van der Waals surface area contributed by atoms with Crippen molar-refractivity contribution < 1.29 is 23.1 Å². The van der Waals surface area contributed by atoms with E-state index in [0.29, 0.717) is 38.0 Å². The lowest BCUT2D eigenvalue weighted by atomic mass is 10.2. The van der Waals surface area contributed by atoms with Crippen molar-refractivity contribution >= 4 is 21.9 Å². The van der Waals surface area contributed by atoms with Gasteiger partial charge in [-0.1, -0.05) is 6.42 Å². The highest BCUT2D eigenvalue weighted by Crippen LogP contribution is 2.21. The molecular formula is C17H24N2O5S. The highest BCUT2D eigenvalue weighted by Gasteiger charge is 2.27. The lowest BCUT2D eigenvalue weighted by Gasteiger charge is -2.15. The molecule has 0 saturated carbocycles. The van der Waals surface area contributed by atoms with E-state index in [9.17, 15) is 18.0 Å². The largest absolute Gasteiger partial charge is 0.481 e. The lowest BCUT2D eigenvalue weighted by Crippen LogP contribution is -2.28. The summed E-state index contributed by atoms with van der Waals surface area (Å²) in [6.07, 6.45) is 3.94. The number of carboxylic acids is 1. The van der Waals surface area contributed by atoms with Crippen molar-refractivity contribution in [2.24, 2.45) is 0 Å². The Kier molecular flexibility index (Phi) is 6.95. The Morgan fingerprint density at radius 1 is 1.04 bits per heavy atom. The fourth-order valence-corrected chi connectivity index (χ4v) is 4.25. The summed E-state index contributed by atoms with van der Waals surface area (Å²) in [5.74, 6) is -1.07. The van der Waals surface area contributed by atoms with Gasteiger partial charge in [0.2, 0.25) is 10.0 Å². The predicted octanol–water partition coefficient (Wildman–Crippen LogP) is 1.85. The average Bonchev–Trinajstić information content (AvgIpc) is 3.13. The number of carbonyl (C=O) groups is 2. The minimum atomic E-state index is -3.46. The van der Waals surface area contributed by atoms with E-state index in [1.54, 1.807) is 0 Å². The highest BCUT2D eigenvalue weighted by atomic mass is 32.2. The maximum atomic E-state index is 12.4. The van der Waals surface area contributed by atoms with Gasteiger partial charge in [-0.05, 0) is 49.9 Å². The number of amides is 1. The Morgan fingerprint density at radius 2 is 1.68 bits per heavy atom. The molecule has 1 amide bonds. The molecule has 0 aliphatic carbocycles. The van der Waals surface area contributed by atoms with Crippen LogP contribution < -0.4 is 5.32 Å². The van der Waals surface area contributed by atoms with E-state index in [0.717, 1.165) is 19.3 Å². The van der Waals surface area contributed by atoms with Crippen molar-refractivity contribution in [1.29, 1.82) is 0 Å². The number of nitrogens with one attached hydrogen (secondary N) is 1. The third kappa shape index (κ3) is 5.54. The van der Waals surface area contributed by atoms with Crippen LogP contribution in [0, 0.1) is 0 Å². The molecule has 8 heteroatoms. The molecule has 0 unspecified atom stereocenters. The summed E-state index contributed by atoms with van der Waals surface area (Å²) < 4.78 is 26.3. The summed E-state index contributed by atoms with van der Waals surface area (Å²) in [6, 6.07) is 5.97. The summed E-state index contributed by atoms with van der Waals surface area (Å²) >= 11 is 0. The summed E-state index contributed by atoms with van der Waals surface area (Å²) in [6.45, 7) is 1.56. The second-order valence-electron chi connectivity index (χ2n) is 6.10. The fourth-order valence-electron chi connectivity index (χ4n) is 2.74. The number of rotatable bonds is 9. The first-order valence-electron chi connectivity index (χ1n) is 8.51. The van der Waals surface area contributed by atoms with Gasteiger partial charge in [0, 0.05) is 31.6 Å². The number of aliphatic carboxylic acids is 1. The zero-order chi connectivity index (χ0) is 18.3. The van der Waals surface area contributed by atoms with Gasteiger partial charge < -0.3 is 10.4 Å². The third-order valence-electron chi connectivity index (χ3n) is 4.17. The van der Waals surface area contributed by atoms with Crippen LogP contribution in [-0.2, 0) is 14.8 Å². The molecule has 1 aromatic carbocycles. The zero-order valence-electron chi connectivity index (χ0n) is 14.1. The number of carbonyl (C=O) groups excluding carboxylic acids is 1. The lowest BCUT2D eigenvalue weighted by molar-refractivity contribution is -0.137. The average molecular weight is 368 g/mol. The van der Waals surface area contributed by atoms with Crippen molar-refractivity contribution in [3.8, 4) is 0 Å². The Hall–Kier alpha value is -1.93. The van der Waals surface area contributed by atoms with Crippen LogP contribution >= 0.6 is 0 Å².